The molecule has 0 aliphatic heterocycles. The van der Waals surface area contributed by atoms with Crippen molar-refractivity contribution < 1.29 is 13.9 Å². The minimum absolute atomic E-state index is 0.0908. The SMILES string of the molecule is O=C(CSCc1nc2sc3c(c2c(=O)[nH]1)CCC3)NCc1ccc(Oc2cccnc2)c(F)c1. The van der Waals surface area contributed by atoms with Crippen LogP contribution in [0, 0.1) is 5.82 Å². The van der Waals surface area contributed by atoms with Crippen LogP contribution in [0.1, 0.15) is 28.2 Å². The van der Waals surface area contributed by atoms with Crippen molar-refractivity contribution in [1.29, 1.82) is 0 Å². The molecule has 0 radical (unpaired) electrons. The third-order valence-electron chi connectivity index (χ3n) is 5.44. The Balaban J connectivity index is 1.11. The van der Waals surface area contributed by atoms with Crippen molar-refractivity contribution in [3.05, 3.63) is 80.7 Å². The van der Waals surface area contributed by atoms with Crippen LogP contribution in [0.3, 0.4) is 0 Å². The smallest absolute Gasteiger partial charge is 0.259 e. The number of rotatable bonds is 8. The molecule has 3 heterocycles. The van der Waals surface area contributed by atoms with Gasteiger partial charge < -0.3 is 15.0 Å². The number of thioether (sulfide) groups is 1. The Morgan fingerprint density at radius 1 is 1.29 bits per heavy atom. The van der Waals surface area contributed by atoms with E-state index in [0.717, 1.165) is 35.0 Å². The van der Waals surface area contributed by atoms with Gasteiger partial charge in [-0.05, 0) is 54.7 Å². The van der Waals surface area contributed by atoms with Gasteiger partial charge in [0.1, 0.15) is 16.4 Å². The number of amides is 1. The van der Waals surface area contributed by atoms with Crippen LogP contribution >= 0.6 is 23.1 Å². The highest BCUT2D eigenvalue weighted by molar-refractivity contribution is 7.99. The number of benzene rings is 1. The van der Waals surface area contributed by atoms with Gasteiger partial charge in [-0.1, -0.05) is 6.07 Å². The molecule has 0 atom stereocenters. The average molecular weight is 497 g/mol. The van der Waals surface area contributed by atoms with Gasteiger partial charge in [-0.3, -0.25) is 14.6 Å². The molecule has 0 spiro atoms. The molecule has 2 N–H and O–H groups in total. The van der Waals surface area contributed by atoms with Crippen molar-refractivity contribution in [3.8, 4) is 11.5 Å². The first-order valence-electron chi connectivity index (χ1n) is 10.8. The predicted molar refractivity (Wildman–Crippen MR) is 131 cm³/mol. The minimum atomic E-state index is -0.519. The molecule has 174 valence electrons. The highest BCUT2D eigenvalue weighted by Gasteiger charge is 2.21. The van der Waals surface area contributed by atoms with Gasteiger partial charge in [0.05, 0.1) is 23.1 Å². The first-order valence-corrected chi connectivity index (χ1v) is 12.8. The molecule has 0 bridgehead atoms. The lowest BCUT2D eigenvalue weighted by Crippen LogP contribution is -2.24. The van der Waals surface area contributed by atoms with Crippen LogP contribution in [0.2, 0.25) is 0 Å². The summed E-state index contributed by atoms with van der Waals surface area (Å²) in [6, 6.07) is 7.95. The summed E-state index contributed by atoms with van der Waals surface area (Å²) < 4.78 is 19.8. The Labute approximate surface area is 202 Å². The fourth-order valence-electron chi connectivity index (χ4n) is 3.88. The summed E-state index contributed by atoms with van der Waals surface area (Å²) in [4.78, 5) is 38.2. The van der Waals surface area contributed by atoms with Crippen molar-refractivity contribution in [3.63, 3.8) is 0 Å². The second kappa shape index (κ2) is 9.94. The van der Waals surface area contributed by atoms with Crippen LogP contribution in [-0.2, 0) is 29.9 Å². The Hall–Kier alpha value is -3.24. The van der Waals surface area contributed by atoms with Crippen LogP contribution in [0.4, 0.5) is 4.39 Å². The number of pyridine rings is 1. The minimum Gasteiger partial charge on any atom is -0.453 e. The number of thiophene rings is 1. The van der Waals surface area contributed by atoms with Gasteiger partial charge >= 0.3 is 0 Å². The molecule has 1 amide bonds. The van der Waals surface area contributed by atoms with Gasteiger partial charge in [-0.15, -0.1) is 23.1 Å². The van der Waals surface area contributed by atoms with Crippen LogP contribution in [0.25, 0.3) is 10.2 Å². The molecule has 34 heavy (non-hydrogen) atoms. The number of halogens is 1. The first-order chi connectivity index (χ1) is 16.6. The second-order valence-electron chi connectivity index (χ2n) is 7.88. The monoisotopic (exact) mass is 496 g/mol. The summed E-state index contributed by atoms with van der Waals surface area (Å²) in [7, 11) is 0. The van der Waals surface area contributed by atoms with E-state index >= 15 is 0 Å². The zero-order valence-electron chi connectivity index (χ0n) is 18.1. The van der Waals surface area contributed by atoms with Crippen LogP contribution in [0.5, 0.6) is 11.5 Å². The van der Waals surface area contributed by atoms with Crippen molar-refractivity contribution in [2.24, 2.45) is 0 Å². The van der Waals surface area contributed by atoms with Crippen LogP contribution < -0.4 is 15.6 Å². The van der Waals surface area contributed by atoms with E-state index in [9.17, 15) is 14.0 Å². The summed E-state index contributed by atoms with van der Waals surface area (Å²) in [6.07, 6.45) is 6.17. The first kappa shape index (κ1) is 22.5. The topological polar surface area (TPSA) is 97.0 Å². The average Bonchev–Trinajstić information content (AvgIpc) is 3.41. The van der Waals surface area contributed by atoms with Crippen molar-refractivity contribution in [2.45, 2.75) is 31.6 Å². The number of aromatic nitrogens is 3. The third-order valence-corrected chi connectivity index (χ3v) is 7.57. The molecule has 3 aromatic heterocycles. The molecular formula is C24H21FN4O3S2. The van der Waals surface area contributed by atoms with Gasteiger partial charge in [0.15, 0.2) is 11.6 Å². The molecule has 1 aliphatic rings. The van der Waals surface area contributed by atoms with E-state index in [4.69, 9.17) is 4.74 Å². The zero-order chi connectivity index (χ0) is 23.5. The number of nitrogens with one attached hydrogen (secondary N) is 2. The van der Waals surface area contributed by atoms with E-state index in [1.54, 1.807) is 35.7 Å². The second-order valence-corrected chi connectivity index (χ2v) is 9.94. The van der Waals surface area contributed by atoms with Gasteiger partial charge in [-0.25, -0.2) is 9.37 Å². The normalized spacial score (nSPS) is 12.6. The largest absolute Gasteiger partial charge is 0.453 e. The summed E-state index contributed by atoms with van der Waals surface area (Å²) in [5.41, 5.74) is 1.68. The van der Waals surface area contributed by atoms with Crippen molar-refractivity contribution in [2.75, 3.05) is 5.75 Å². The summed E-state index contributed by atoms with van der Waals surface area (Å²) in [5, 5.41) is 3.51. The van der Waals surface area contributed by atoms with Gasteiger partial charge in [0.2, 0.25) is 5.91 Å². The number of ether oxygens (including phenoxy) is 1. The highest BCUT2D eigenvalue weighted by atomic mass is 32.2. The molecular weight excluding hydrogens is 475 g/mol. The number of hydrogen-bond donors (Lipinski definition) is 2. The molecule has 10 heteroatoms. The Morgan fingerprint density at radius 3 is 3.03 bits per heavy atom. The fraction of sp³-hybridized carbons (Fsp3) is 0.250. The van der Waals surface area contributed by atoms with Gasteiger partial charge in [-0.2, -0.15) is 0 Å². The van der Waals surface area contributed by atoms with Crippen molar-refractivity contribution >= 4 is 39.2 Å². The molecule has 0 saturated carbocycles. The van der Waals surface area contributed by atoms with E-state index in [2.05, 4.69) is 20.3 Å². The lowest BCUT2D eigenvalue weighted by atomic mass is 10.2. The molecule has 1 aliphatic carbocycles. The molecule has 0 saturated heterocycles. The molecule has 4 aromatic rings. The molecule has 7 nitrogen and oxygen atoms in total. The van der Waals surface area contributed by atoms with Gasteiger partial charge in [0.25, 0.3) is 5.56 Å². The van der Waals surface area contributed by atoms with E-state index in [-0.39, 0.29) is 29.5 Å². The number of nitrogens with zero attached hydrogens (tertiary/aromatic N) is 2. The van der Waals surface area contributed by atoms with Gasteiger partial charge in [0, 0.05) is 17.6 Å². The van der Waals surface area contributed by atoms with E-state index in [0.29, 0.717) is 22.9 Å². The van der Waals surface area contributed by atoms with E-state index < -0.39 is 5.82 Å². The van der Waals surface area contributed by atoms with Crippen molar-refractivity contribution in [1.82, 2.24) is 20.3 Å². The summed E-state index contributed by atoms with van der Waals surface area (Å²) in [5.74, 6) is 1.03. The lowest BCUT2D eigenvalue weighted by molar-refractivity contribution is -0.118. The number of hydrogen-bond acceptors (Lipinski definition) is 7. The summed E-state index contributed by atoms with van der Waals surface area (Å²) in [6.45, 7) is 0.200. The zero-order valence-corrected chi connectivity index (χ0v) is 19.7. The number of carbonyl (C=O) groups is 1. The van der Waals surface area contributed by atoms with E-state index in [1.165, 1.54) is 35.0 Å². The number of H-pyrrole nitrogens is 1. The van der Waals surface area contributed by atoms with Crippen LogP contribution in [0.15, 0.2) is 47.5 Å². The Morgan fingerprint density at radius 2 is 2.21 bits per heavy atom. The van der Waals surface area contributed by atoms with Crippen LogP contribution in [-0.4, -0.2) is 26.6 Å². The molecule has 0 unspecified atom stereocenters. The molecule has 1 aromatic carbocycles. The Bertz CT molecular complexity index is 1400. The predicted octanol–water partition coefficient (Wildman–Crippen LogP) is 4.35. The quantitative estimate of drug-likeness (QED) is 0.377. The number of fused-ring (bicyclic) bond motifs is 3. The standard InChI is InChI=1S/C24H21FN4O3S2/c25-17-9-14(6-7-18(17)32-15-3-2-8-26-11-15)10-27-21(30)13-33-12-20-28-23(31)22-16-4-1-5-19(16)34-24(22)29-20/h2-3,6-9,11H,1,4-5,10,12-13H2,(H,27,30)(H,28,29,31). The number of aromatic amines is 1. The maximum Gasteiger partial charge on any atom is 0.259 e. The highest BCUT2D eigenvalue weighted by Crippen LogP contribution is 2.34. The third kappa shape index (κ3) is 4.97. The lowest BCUT2D eigenvalue weighted by Gasteiger charge is -2.09. The molecule has 5 rings (SSSR count). The molecule has 0 fully saturated rings. The Kier molecular flexibility index (Phi) is 6.59. The number of aryl methyl sites for hydroxylation is 2. The maximum absolute atomic E-state index is 14.3. The number of carbonyl (C=O) groups excluding carboxylic acids is 1. The summed E-state index contributed by atoms with van der Waals surface area (Å²) >= 11 is 2.96. The van der Waals surface area contributed by atoms with E-state index in [1.807, 2.05) is 0 Å². The maximum atomic E-state index is 14.3. The fourth-order valence-corrected chi connectivity index (χ4v) is 5.88.